The normalized spacial score (nSPS) is 13.7. The van der Waals surface area contributed by atoms with Gasteiger partial charge >= 0.3 is 0 Å². The molecule has 2 aromatic rings. The van der Waals surface area contributed by atoms with E-state index in [4.69, 9.17) is 0 Å². The second-order valence-corrected chi connectivity index (χ2v) is 8.07. The van der Waals surface area contributed by atoms with Crippen LogP contribution in [0.4, 0.5) is 5.69 Å². The van der Waals surface area contributed by atoms with E-state index in [1.807, 2.05) is 29.2 Å². The highest BCUT2D eigenvalue weighted by atomic mass is 32.2. The summed E-state index contributed by atoms with van der Waals surface area (Å²) in [5, 5.41) is 0. The van der Waals surface area contributed by atoms with Crippen LogP contribution in [-0.4, -0.2) is 33.2 Å². The quantitative estimate of drug-likeness (QED) is 0.580. The fraction of sp³-hybridized carbons (Fsp3) is 0.263. The Morgan fingerprint density at radius 1 is 1.07 bits per heavy atom. The minimum atomic E-state index is -3.91. The maximum absolute atomic E-state index is 12.3. The second-order valence-electron chi connectivity index (χ2n) is 6.39. The Kier molecular flexibility index (Phi) is 5.57. The van der Waals surface area contributed by atoms with Crippen molar-refractivity contribution >= 4 is 27.4 Å². The molecule has 0 saturated carbocycles. The molecular weight excluding hydrogens is 366 g/mol. The number of anilines is 1. The number of carbonyl (C=O) groups excluding carboxylic acids is 2. The molecule has 0 fully saturated rings. The van der Waals surface area contributed by atoms with E-state index >= 15 is 0 Å². The van der Waals surface area contributed by atoms with Crippen molar-refractivity contribution in [2.75, 3.05) is 18.0 Å². The summed E-state index contributed by atoms with van der Waals surface area (Å²) >= 11 is 0. The lowest BCUT2D eigenvalue weighted by molar-refractivity contribution is -0.120. The van der Waals surface area contributed by atoms with E-state index in [1.54, 1.807) is 0 Å². The van der Waals surface area contributed by atoms with Crippen LogP contribution >= 0.6 is 0 Å². The smallest absolute Gasteiger partial charge is 0.257 e. The molecule has 1 aliphatic rings. The molecule has 0 unspecified atom stereocenters. The molecular formula is C19H21N3O4S. The van der Waals surface area contributed by atoms with Gasteiger partial charge in [0.15, 0.2) is 5.78 Å². The molecule has 142 valence electrons. The van der Waals surface area contributed by atoms with Crippen molar-refractivity contribution < 1.29 is 18.0 Å². The van der Waals surface area contributed by atoms with E-state index in [0.29, 0.717) is 5.56 Å². The monoisotopic (exact) mass is 387 g/mol. The van der Waals surface area contributed by atoms with Crippen LogP contribution in [0.15, 0.2) is 53.4 Å². The maximum Gasteiger partial charge on any atom is 0.257 e. The highest BCUT2D eigenvalue weighted by Gasteiger charge is 2.20. The van der Waals surface area contributed by atoms with Crippen LogP contribution in [0.5, 0.6) is 0 Å². The summed E-state index contributed by atoms with van der Waals surface area (Å²) in [5.74, 6) is -0.599. The van der Waals surface area contributed by atoms with Gasteiger partial charge in [-0.05, 0) is 43.5 Å². The number of Topliss-reactive ketones (excluding diaryl/α,β-unsaturated/α-hetero) is 1. The lowest BCUT2D eigenvalue weighted by Gasteiger charge is -2.30. The van der Waals surface area contributed by atoms with Crippen molar-refractivity contribution in [3.63, 3.8) is 0 Å². The number of fused-ring (bicyclic) bond motifs is 1. The van der Waals surface area contributed by atoms with Gasteiger partial charge in [0.2, 0.25) is 0 Å². The highest BCUT2D eigenvalue weighted by Crippen LogP contribution is 2.26. The number of benzene rings is 2. The zero-order valence-corrected chi connectivity index (χ0v) is 15.8. The van der Waals surface area contributed by atoms with Gasteiger partial charge in [0.05, 0.1) is 11.4 Å². The fourth-order valence-electron chi connectivity index (χ4n) is 3.04. The standard InChI is InChI=1S/C19H21N3O4S/c1-14(23)15-8-10-17(11-9-15)27(25,26)21-20-19(24)13-22-12-4-6-16-5-2-3-7-18(16)22/h2-3,5,7-11,21H,4,6,12-13H2,1H3,(H,20,24). The number of hydrazine groups is 1. The van der Waals surface area contributed by atoms with E-state index in [-0.39, 0.29) is 17.2 Å². The SMILES string of the molecule is CC(=O)c1ccc(S(=O)(=O)NNC(=O)CN2CCCc3ccccc32)cc1. The van der Waals surface area contributed by atoms with Crippen LogP contribution in [0.25, 0.3) is 0 Å². The Morgan fingerprint density at radius 2 is 1.78 bits per heavy atom. The minimum absolute atomic E-state index is 0.0314. The topological polar surface area (TPSA) is 95.6 Å². The molecule has 3 rings (SSSR count). The third-order valence-electron chi connectivity index (χ3n) is 4.44. The van der Waals surface area contributed by atoms with Gasteiger partial charge in [-0.15, -0.1) is 4.83 Å². The van der Waals surface area contributed by atoms with Gasteiger partial charge in [0, 0.05) is 17.8 Å². The molecule has 0 radical (unpaired) electrons. The number of rotatable bonds is 6. The predicted molar refractivity (Wildman–Crippen MR) is 102 cm³/mol. The van der Waals surface area contributed by atoms with Crippen LogP contribution in [0.3, 0.4) is 0 Å². The highest BCUT2D eigenvalue weighted by molar-refractivity contribution is 7.89. The van der Waals surface area contributed by atoms with Gasteiger partial charge in [-0.1, -0.05) is 30.3 Å². The summed E-state index contributed by atoms with van der Waals surface area (Å²) in [4.78, 5) is 27.5. The Balaban J connectivity index is 1.61. The van der Waals surface area contributed by atoms with Gasteiger partial charge in [0.25, 0.3) is 15.9 Å². The minimum Gasteiger partial charge on any atom is -0.362 e. The molecule has 0 atom stereocenters. The number of para-hydroxylation sites is 1. The first-order chi connectivity index (χ1) is 12.9. The van der Waals surface area contributed by atoms with Crippen molar-refractivity contribution in [1.82, 2.24) is 10.3 Å². The molecule has 2 aromatic carbocycles. The van der Waals surface area contributed by atoms with Crippen molar-refractivity contribution in [3.8, 4) is 0 Å². The van der Waals surface area contributed by atoms with Gasteiger partial charge in [-0.25, -0.2) is 8.42 Å². The van der Waals surface area contributed by atoms with E-state index in [0.717, 1.165) is 25.1 Å². The molecule has 0 bridgehead atoms. The first-order valence-electron chi connectivity index (χ1n) is 8.61. The first kappa shape index (κ1) is 19.1. The molecule has 0 aromatic heterocycles. The maximum atomic E-state index is 12.3. The average molecular weight is 387 g/mol. The molecule has 0 saturated heterocycles. The van der Waals surface area contributed by atoms with Crippen LogP contribution in [0.2, 0.25) is 0 Å². The molecule has 1 heterocycles. The molecule has 7 nitrogen and oxygen atoms in total. The summed E-state index contributed by atoms with van der Waals surface area (Å²) in [6.45, 7) is 2.20. The zero-order valence-electron chi connectivity index (χ0n) is 14.9. The molecule has 8 heteroatoms. The lowest BCUT2D eigenvalue weighted by Crippen LogP contribution is -2.47. The van der Waals surface area contributed by atoms with Crippen LogP contribution < -0.4 is 15.2 Å². The van der Waals surface area contributed by atoms with Crippen molar-refractivity contribution in [3.05, 3.63) is 59.7 Å². The number of ketones is 1. The fourth-order valence-corrected chi connectivity index (χ4v) is 3.90. The van der Waals surface area contributed by atoms with Crippen molar-refractivity contribution in [2.45, 2.75) is 24.7 Å². The number of carbonyl (C=O) groups is 2. The lowest BCUT2D eigenvalue weighted by atomic mass is 10.0. The van der Waals surface area contributed by atoms with Crippen molar-refractivity contribution in [1.29, 1.82) is 0 Å². The van der Waals surface area contributed by atoms with Crippen molar-refractivity contribution in [2.24, 2.45) is 0 Å². The van der Waals surface area contributed by atoms with Gasteiger partial charge in [-0.3, -0.25) is 15.0 Å². The summed E-state index contributed by atoms with van der Waals surface area (Å²) in [6.07, 6.45) is 1.91. The molecule has 0 aliphatic carbocycles. The number of sulfonamides is 1. The Bertz CT molecular complexity index is 955. The summed E-state index contributed by atoms with van der Waals surface area (Å²) < 4.78 is 24.6. The zero-order chi connectivity index (χ0) is 19.4. The molecule has 27 heavy (non-hydrogen) atoms. The second kappa shape index (κ2) is 7.89. The number of hydrogen-bond acceptors (Lipinski definition) is 5. The third kappa shape index (κ3) is 4.53. The molecule has 1 amide bonds. The Labute approximate surface area is 158 Å². The molecule has 1 aliphatic heterocycles. The Morgan fingerprint density at radius 3 is 2.48 bits per heavy atom. The summed E-state index contributed by atoms with van der Waals surface area (Å²) in [7, 11) is -3.91. The number of aryl methyl sites for hydroxylation is 1. The van der Waals surface area contributed by atoms with Crippen LogP contribution in [-0.2, 0) is 21.2 Å². The molecule has 2 N–H and O–H groups in total. The summed E-state index contributed by atoms with van der Waals surface area (Å²) in [5.41, 5.74) is 4.85. The largest absolute Gasteiger partial charge is 0.362 e. The number of hydrogen-bond donors (Lipinski definition) is 2. The van der Waals surface area contributed by atoms with E-state index < -0.39 is 15.9 Å². The van der Waals surface area contributed by atoms with E-state index in [9.17, 15) is 18.0 Å². The van der Waals surface area contributed by atoms with Crippen LogP contribution in [0, 0.1) is 0 Å². The predicted octanol–water partition coefficient (Wildman–Crippen LogP) is 1.65. The average Bonchev–Trinajstić information content (AvgIpc) is 2.67. The number of nitrogens with one attached hydrogen (secondary N) is 2. The van der Waals surface area contributed by atoms with E-state index in [2.05, 4.69) is 10.3 Å². The third-order valence-corrected chi connectivity index (χ3v) is 5.70. The van der Waals surface area contributed by atoms with Gasteiger partial charge in [-0.2, -0.15) is 0 Å². The van der Waals surface area contributed by atoms with E-state index in [1.165, 1.54) is 36.8 Å². The number of nitrogens with zero attached hydrogens (tertiary/aromatic N) is 1. The molecule has 0 spiro atoms. The summed E-state index contributed by atoms with van der Waals surface area (Å²) in [6, 6.07) is 13.4. The first-order valence-corrected chi connectivity index (χ1v) is 10.1. The Hall–Kier alpha value is -2.71. The number of amides is 1. The van der Waals surface area contributed by atoms with Gasteiger partial charge < -0.3 is 4.90 Å². The van der Waals surface area contributed by atoms with Crippen LogP contribution in [0.1, 0.15) is 29.3 Å². The van der Waals surface area contributed by atoms with Gasteiger partial charge in [0.1, 0.15) is 0 Å².